The quantitative estimate of drug-likeness (QED) is 0.598. The summed E-state index contributed by atoms with van der Waals surface area (Å²) in [5.74, 6) is 1.09. The van der Waals surface area contributed by atoms with Crippen molar-refractivity contribution in [2.24, 2.45) is 5.92 Å². The summed E-state index contributed by atoms with van der Waals surface area (Å²) in [6, 6.07) is 2.02. The van der Waals surface area contributed by atoms with Crippen LogP contribution in [0.3, 0.4) is 0 Å². The first-order chi connectivity index (χ1) is 6.45. The predicted molar refractivity (Wildman–Crippen MR) is 54.7 cm³/mol. The third-order valence-electron chi connectivity index (χ3n) is 4.60. The van der Waals surface area contributed by atoms with E-state index in [-0.39, 0.29) is 0 Å². The van der Waals surface area contributed by atoms with E-state index < -0.39 is 0 Å². The molecule has 0 aromatic carbocycles. The molecule has 0 bridgehead atoms. The zero-order valence-corrected chi connectivity index (χ0v) is 8.54. The molecule has 74 valence electrons. The largest absolute Gasteiger partial charge is 0.297 e. The summed E-state index contributed by atoms with van der Waals surface area (Å²) in [5.41, 5.74) is 0. The summed E-state index contributed by atoms with van der Waals surface area (Å²) in [7, 11) is 0. The molecule has 0 amide bonds. The first-order valence-corrected chi connectivity index (χ1v) is 6.21. The van der Waals surface area contributed by atoms with Gasteiger partial charge in [-0.3, -0.25) is 4.90 Å². The topological polar surface area (TPSA) is 3.24 Å². The molecule has 1 heteroatoms. The third-order valence-corrected chi connectivity index (χ3v) is 4.60. The molecule has 3 rings (SSSR count). The van der Waals surface area contributed by atoms with Crippen molar-refractivity contribution in [2.45, 2.75) is 63.5 Å². The van der Waals surface area contributed by atoms with Crippen LogP contribution in [0.15, 0.2) is 0 Å². The van der Waals surface area contributed by atoms with Gasteiger partial charge in [-0.15, -0.1) is 0 Å². The maximum absolute atomic E-state index is 2.87. The molecule has 2 saturated carbocycles. The van der Waals surface area contributed by atoms with Crippen LogP contribution < -0.4 is 0 Å². The van der Waals surface area contributed by atoms with Crippen molar-refractivity contribution >= 4 is 0 Å². The van der Waals surface area contributed by atoms with Gasteiger partial charge in [-0.05, 0) is 44.6 Å². The highest BCUT2D eigenvalue weighted by Gasteiger charge is 2.40. The number of likely N-dealkylation sites (tertiary alicyclic amines) is 1. The summed E-state index contributed by atoms with van der Waals surface area (Å²) in [4.78, 5) is 2.87. The Morgan fingerprint density at radius 1 is 0.769 bits per heavy atom. The van der Waals surface area contributed by atoms with Crippen molar-refractivity contribution in [3.8, 4) is 0 Å². The fourth-order valence-corrected chi connectivity index (χ4v) is 3.61. The zero-order valence-electron chi connectivity index (χ0n) is 8.54. The molecule has 0 aromatic rings. The van der Waals surface area contributed by atoms with Gasteiger partial charge in [0, 0.05) is 12.1 Å². The molecule has 0 N–H and O–H groups in total. The van der Waals surface area contributed by atoms with Crippen LogP contribution in [0.4, 0.5) is 0 Å². The minimum Gasteiger partial charge on any atom is -0.297 e. The maximum atomic E-state index is 2.87. The molecule has 0 aromatic heterocycles. The maximum Gasteiger partial charge on any atom is 0.0127 e. The molecule has 0 radical (unpaired) electrons. The van der Waals surface area contributed by atoms with Crippen LogP contribution in [0, 0.1) is 5.92 Å². The molecule has 2 unspecified atom stereocenters. The molecule has 13 heavy (non-hydrogen) atoms. The van der Waals surface area contributed by atoms with Crippen LogP contribution in [0.1, 0.15) is 51.4 Å². The molecule has 1 saturated heterocycles. The van der Waals surface area contributed by atoms with Gasteiger partial charge < -0.3 is 0 Å². The van der Waals surface area contributed by atoms with Gasteiger partial charge in [0.2, 0.25) is 0 Å². The Morgan fingerprint density at radius 2 is 1.62 bits per heavy atom. The summed E-state index contributed by atoms with van der Waals surface area (Å²) in [6.45, 7) is 1.43. The minimum absolute atomic E-state index is 1.01. The normalized spacial score (nSPS) is 41.5. The van der Waals surface area contributed by atoms with E-state index >= 15 is 0 Å². The van der Waals surface area contributed by atoms with Gasteiger partial charge in [-0.25, -0.2) is 0 Å². The van der Waals surface area contributed by atoms with Gasteiger partial charge in [0.15, 0.2) is 0 Å². The smallest absolute Gasteiger partial charge is 0.0127 e. The van der Waals surface area contributed by atoms with E-state index in [0.717, 1.165) is 18.0 Å². The fraction of sp³-hybridized carbons (Fsp3) is 1.00. The van der Waals surface area contributed by atoms with Crippen LogP contribution >= 0.6 is 0 Å². The molecule has 2 aliphatic carbocycles. The van der Waals surface area contributed by atoms with Crippen molar-refractivity contribution in [3.63, 3.8) is 0 Å². The van der Waals surface area contributed by atoms with Crippen LogP contribution in [-0.2, 0) is 0 Å². The molecule has 2 atom stereocenters. The average Bonchev–Trinajstić information content (AvgIpc) is 2.47. The fourth-order valence-electron chi connectivity index (χ4n) is 3.61. The standard InChI is InChI=1S/C12H21N/c1-2-7-12-10(4-1)8-9-13(12)11-5-3-6-11/h10-12H,1-9H2. The number of hydrogen-bond acceptors (Lipinski definition) is 1. The van der Waals surface area contributed by atoms with Crippen LogP contribution in [0.2, 0.25) is 0 Å². The van der Waals surface area contributed by atoms with Crippen LogP contribution in [0.25, 0.3) is 0 Å². The summed E-state index contributed by atoms with van der Waals surface area (Å²) >= 11 is 0. The molecule has 0 spiro atoms. The van der Waals surface area contributed by atoms with Crippen molar-refractivity contribution in [3.05, 3.63) is 0 Å². The second-order valence-corrected chi connectivity index (χ2v) is 5.22. The second-order valence-electron chi connectivity index (χ2n) is 5.22. The third kappa shape index (κ3) is 1.32. The average molecular weight is 179 g/mol. The van der Waals surface area contributed by atoms with E-state index in [0.29, 0.717) is 0 Å². The van der Waals surface area contributed by atoms with Gasteiger partial charge in [0.1, 0.15) is 0 Å². The molecular formula is C12H21N. The Hall–Kier alpha value is -0.0400. The Balaban J connectivity index is 1.68. The van der Waals surface area contributed by atoms with E-state index in [2.05, 4.69) is 4.90 Å². The van der Waals surface area contributed by atoms with E-state index in [1.807, 2.05) is 0 Å². The number of rotatable bonds is 1. The van der Waals surface area contributed by atoms with Gasteiger partial charge in [0.25, 0.3) is 0 Å². The van der Waals surface area contributed by atoms with Crippen LogP contribution in [0.5, 0.6) is 0 Å². The molecule has 1 heterocycles. The Kier molecular flexibility index (Phi) is 2.08. The predicted octanol–water partition coefficient (Wildman–Crippen LogP) is 2.80. The summed E-state index contributed by atoms with van der Waals surface area (Å²) in [6.07, 6.45) is 12.1. The summed E-state index contributed by atoms with van der Waals surface area (Å²) in [5, 5.41) is 0. The van der Waals surface area contributed by atoms with Gasteiger partial charge in [-0.1, -0.05) is 19.3 Å². The van der Waals surface area contributed by atoms with Crippen molar-refractivity contribution in [1.29, 1.82) is 0 Å². The number of fused-ring (bicyclic) bond motifs is 1. The Labute approximate surface area is 81.5 Å². The van der Waals surface area contributed by atoms with E-state index in [1.165, 1.54) is 57.9 Å². The SMILES string of the molecule is C1CCC2C(C1)CCN2C1CCC1. The lowest BCUT2D eigenvalue weighted by molar-refractivity contribution is 0.0846. The Bertz CT molecular complexity index is 186. The molecular weight excluding hydrogens is 158 g/mol. The van der Waals surface area contributed by atoms with Crippen molar-refractivity contribution < 1.29 is 0 Å². The molecule has 3 fully saturated rings. The van der Waals surface area contributed by atoms with Crippen LogP contribution in [-0.4, -0.2) is 23.5 Å². The lowest BCUT2D eigenvalue weighted by Gasteiger charge is -2.41. The lowest BCUT2D eigenvalue weighted by atomic mass is 9.83. The molecule has 3 aliphatic rings. The molecule has 1 aliphatic heterocycles. The van der Waals surface area contributed by atoms with Crippen molar-refractivity contribution in [2.75, 3.05) is 6.54 Å². The number of nitrogens with zero attached hydrogens (tertiary/aromatic N) is 1. The zero-order chi connectivity index (χ0) is 8.67. The highest BCUT2D eigenvalue weighted by Crippen LogP contribution is 2.40. The first-order valence-electron chi connectivity index (χ1n) is 6.21. The van der Waals surface area contributed by atoms with E-state index in [4.69, 9.17) is 0 Å². The number of hydrogen-bond donors (Lipinski definition) is 0. The lowest BCUT2D eigenvalue weighted by Crippen LogP contribution is -2.45. The second kappa shape index (κ2) is 3.27. The van der Waals surface area contributed by atoms with E-state index in [1.54, 1.807) is 0 Å². The Morgan fingerprint density at radius 3 is 2.38 bits per heavy atom. The van der Waals surface area contributed by atoms with Gasteiger partial charge >= 0.3 is 0 Å². The first kappa shape index (κ1) is 8.28. The molecule has 1 nitrogen and oxygen atoms in total. The monoisotopic (exact) mass is 179 g/mol. The minimum atomic E-state index is 1.01. The highest BCUT2D eigenvalue weighted by atomic mass is 15.2. The van der Waals surface area contributed by atoms with Crippen molar-refractivity contribution in [1.82, 2.24) is 4.90 Å². The van der Waals surface area contributed by atoms with Gasteiger partial charge in [-0.2, -0.15) is 0 Å². The van der Waals surface area contributed by atoms with Gasteiger partial charge in [0.05, 0.1) is 0 Å². The summed E-state index contributed by atoms with van der Waals surface area (Å²) < 4.78 is 0. The highest BCUT2D eigenvalue weighted by molar-refractivity contribution is 4.94. The van der Waals surface area contributed by atoms with E-state index in [9.17, 15) is 0 Å².